The lowest BCUT2D eigenvalue weighted by Crippen LogP contribution is -2.55. The van der Waals surface area contributed by atoms with Gasteiger partial charge in [-0.3, -0.25) is 4.79 Å². The van der Waals surface area contributed by atoms with Crippen LogP contribution in [0, 0.1) is 5.92 Å². The first-order chi connectivity index (χ1) is 15.2. The molecule has 1 aliphatic rings. The quantitative estimate of drug-likeness (QED) is 0.326. The number of carbonyl (C=O) groups excluding carboxylic acids is 1. The molecule has 1 aliphatic heterocycles. The molecular weight excluding hydrogens is 386 g/mol. The van der Waals surface area contributed by atoms with Crippen LogP contribution in [0.5, 0.6) is 11.5 Å². The van der Waals surface area contributed by atoms with Gasteiger partial charge in [0.05, 0.1) is 26.2 Å². The van der Waals surface area contributed by atoms with Crippen molar-refractivity contribution in [2.24, 2.45) is 5.92 Å². The van der Waals surface area contributed by atoms with E-state index in [-0.39, 0.29) is 17.9 Å². The molecule has 0 spiro atoms. The van der Waals surface area contributed by atoms with E-state index in [0.717, 1.165) is 48.4 Å². The molecule has 2 atom stereocenters. The summed E-state index contributed by atoms with van der Waals surface area (Å²) in [4.78, 5) is 15.1. The van der Waals surface area contributed by atoms with Crippen LogP contribution in [-0.4, -0.2) is 20.1 Å². The van der Waals surface area contributed by atoms with E-state index < -0.39 is 0 Å². The average molecular weight is 416 g/mol. The Bertz CT molecular complexity index is 983. The molecule has 31 heavy (non-hydrogen) atoms. The summed E-state index contributed by atoms with van der Waals surface area (Å²) in [5.41, 5.74) is 3.41. The number of hydrogen-bond donors (Lipinski definition) is 0. The number of hydrogen-bond acceptors (Lipinski definition) is 3. The number of nitrogens with zero attached hydrogens (tertiary/aromatic N) is 1. The summed E-state index contributed by atoms with van der Waals surface area (Å²) in [6.45, 7) is 0. The first-order valence-electron chi connectivity index (χ1n) is 10.9. The first kappa shape index (κ1) is 21.0. The molecule has 0 N–H and O–H groups in total. The minimum atomic E-state index is 0.00581. The molecular formula is C27H29NO3. The molecule has 160 valence electrons. The third kappa shape index (κ3) is 4.58. The molecule has 0 saturated carbocycles. The Morgan fingerprint density at radius 3 is 2.00 bits per heavy atom. The van der Waals surface area contributed by atoms with Crippen LogP contribution in [0.25, 0.3) is 0 Å². The maximum atomic E-state index is 13.2. The summed E-state index contributed by atoms with van der Waals surface area (Å²) in [6.07, 6.45) is 4.08. The van der Waals surface area contributed by atoms with E-state index in [1.165, 1.54) is 5.56 Å². The normalized spacial score (nSPS) is 17.9. The Kier molecular flexibility index (Phi) is 6.56. The molecule has 3 aromatic rings. The van der Waals surface area contributed by atoms with Crippen molar-refractivity contribution in [1.82, 2.24) is 0 Å². The molecule has 1 saturated heterocycles. The van der Waals surface area contributed by atoms with Crippen LogP contribution in [0.15, 0.2) is 78.9 Å². The van der Waals surface area contributed by atoms with Crippen molar-refractivity contribution >= 4 is 11.6 Å². The van der Waals surface area contributed by atoms with Gasteiger partial charge < -0.3 is 14.4 Å². The highest BCUT2D eigenvalue weighted by Crippen LogP contribution is 2.46. The Hall–Kier alpha value is -3.27. The summed E-state index contributed by atoms with van der Waals surface area (Å²) in [6, 6.07) is 26.4. The molecule has 4 rings (SSSR count). The highest BCUT2D eigenvalue weighted by molar-refractivity contribution is 6.03. The summed E-state index contributed by atoms with van der Waals surface area (Å²) in [5, 5.41) is 0. The van der Waals surface area contributed by atoms with E-state index in [1.54, 1.807) is 14.2 Å². The smallest absolute Gasteiger partial charge is 0.233 e. The van der Waals surface area contributed by atoms with E-state index in [0.29, 0.717) is 0 Å². The molecule has 0 aromatic heterocycles. The van der Waals surface area contributed by atoms with Crippen molar-refractivity contribution < 1.29 is 14.3 Å². The van der Waals surface area contributed by atoms with Crippen molar-refractivity contribution in [3.8, 4) is 11.5 Å². The fourth-order valence-corrected chi connectivity index (χ4v) is 4.38. The molecule has 0 aliphatic carbocycles. The van der Waals surface area contributed by atoms with Gasteiger partial charge in [-0.15, -0.1) is 0 Å². The van der Waals surface area contributed by atoms with E-state index in [1.807, 2.05) is 47.4 Å². The van der Waals surface area contributed by atoms with Crippen LogP contribution in [0.3, 0.4) is 0 Å². The molecule has 0 radical (unpaired) electrons. The second kappa shape index (κ2) is 9.69. The van der Waals surface area contributed by atoms with Crippen LogP contribution in [-0.2, 0) is 11.2 Å². The number of aryl methyl sites for hydroxylation is 1. The van der Waals surface area contributed by atoms with Gasteiger partial charge in [-0.05, 0) is 66.8 Å². The van der Waals surface area contributed by atoms with Crippen LogP contribution < -0.4 is 14.4 Å². The predicted molar refractivity (Wildman–Crippen MR) is 124 cm³/mol. The third-order valence-electron chi connectivity index (χ3n) is 6.10. The Balaban J connectivity index is 1.48. The summed E-state index contributed by atoms with van der Waals surface area (Å²) < 4.78 is 10.6. The van der Waals surface area contributed by atoms with Crippen LogP contribution in [0.4, 0.5) is 5.69 Å². The minimum absolute atomic E-state index is 0.00581. The second-order valence-electron chi connectivity index (χ2n) is 7.96. The molecule has 0 unspecified atom stereocenters. The van der Waals surface area contributed by atoms with E-state index in [4.69, 9.17) is 9.47 Å². The highest BCUT2D eigenvalue weighted by atomic mass is 16.5. The lowest BCUT2D eigenvalue weighted by Gasteiger charge is -2.47. The molecule has 1 fully saturated rings. The molecule has 1 heterocycles. The van der Waals surface area contributed by atoms with Gasteiger partial charge in [0.1, 0.15) is 11.5 Å². The maximum absolute atomic E-state index is 13.2. The third-order valence-corrected chi connectivity index (χ3v) is 6.10. The number of β-lactam (4-membered cyclic amide) rings is 1. The summed E-state index contributed by atoms with van der Waals surface area (Å²) >= 11 is 0. The number of carbonyl (C=O) groups is 1. The van der Waals surface area contributed by atoms with Gasteiger partial charge in [-0.1, -0.05) is 48.9 Å². The number of benzene rings is 3. The van der Waals surface area contributed by atoms with Crippen molar-refractivity contribution in [3.63, 3.8) is 0 Å². The fraction of sp³-hybridized carbons (Fsp3) is 0.296. The monoisotopic (exact) mass is 415 g/mol. The summed E-state index contributed by atoms with van der Waals surface area (Å²) in [5.74, 6) is 1.82. The molecule has 4 nitrogen and oxygen atoms in total. The minimum Gasteiger partial charge on any atom is -0.497 e. The van der Waals surface area contributed by atoms with E-state index in [2.05, 4.69) is 36.4 Å². The second-order valence-corrected chi connectivity index (χ2v) is 7.96. The average Bonchev–Trinajstić information content (AvgIpc) is 2.83. The number of amides is 1. The zero-order valence-electron chi connectivity index (χ0n) is 18.2. The van der Waals surface area contributed by atoms with Gasteiger partial charge in [0.15, 0.2) is 0 Å². The number of rotatable bonds is 9. The van der Waals surface area contributed by atoms with Gasteiger partial charge in [0.25, 0.3) is 0 Å². The lowest BCUT2D eigenvalue weighted by molar-refractivity contribution is -0.130. The van der Waals surface area contributed by atoms with Crippen molar-refractivity contribution in [2.45, 2.75) is 31.7 Å². The van der Waals surface area contributed by atoms with Gasteiger partial charge in [0, 0.05) is 5.69 Å². The number of anilines is 1. The zero-order chi connectivity index (χ0) is 21.6. The van der Waals surface area contributed by atoms with E-state index >= 15 is 0 Å². The number of methoxy groups -OCH3 is 2. The van der Waals surface area contributed by atoms with Crippen LogP contribution in [0.2, 0.25) is 0 Å². The highest BCUT2D eigenvalue weighted by Gasteiger charge is 2.48. The van der Waals surface area contributed by atoms with E-state index in [9.17, 15) is 4.79 Å². The number of ether oxygens (including phenoxy) is 2. The van der Waals surface area contributed by atoms with Gasteiger partial charge in [-0.2, -0.15) is 0 Å². The lowest BCUT2D eigenvalue weighted by atomic mass is 9.78. The van der Waals surface area contributed by atoms with Crippen LogP contribution in [0.1, 0.15) is 36.4 Å². The Morgan fingerprint density at radius 2 is 1.39 bits per heavy atom. The molecule has 4 heteroatoms. The first-order valence-corrected chi connectivity index (χ1v) is 10.9. The SMILES string of the molecule is COc1ccc([C@H]2[C@H](CCCCc3ccccc3)C(=O)N2c2ccc(OC)cc2)cc1. The largest absolute Gasteiger partial charge is 0.497 e. The maximum Gasteiger partial charge on any atom is 0.233 e. The Morgan fingerprint density at radius 1 is 0.774 bits per heavy atom. The van der Waals surface area contributed by atoms with Gasteiger partial charge >= 0.3 is 0 Å². The van der Waals surface area contributed by atoms with Crippen molar-refractivity contribution in [2.75, 3.05) is 19.1 Å². The fourth-order valence-electron chi connectivity index (χ4n) is 4.38. The van der Waals surface area contributed by atoms with Crippen molar-refractivity contribution in [1.29, 1.82) is 0 Å². The standard InChI is InChI=1S/C27H29NO3/c1-30-23-16-12-21(13-17-23)26-25(11-7-6-10-20-8-4-3-5-9-20)27(29)28(26)22-14-18-24(31-2)19-15-22/h3-5,8-9,12-19,25-26H,6-7,10-11H2,1-2H3/t25-,26-/m0/s1. The molecule has 1 amide bonds. The van der Waals surface area contributed by atoms with Crippen molar-refractivity contribution in [3.05, 3.63) is 90.0 Å². The topological polar surface area (TPSA) is 38.8 Å². The summed E-state index contributed by atoms with van der Waals surface area (Å²) in [7, 11) is 3.32. The van der Waals surface area contributed by atoms with Gasteiger partial charge in [0.2, 0.25) is 5.91 Å². The molecule has 3 aromatic carbocycles. The molecule has 0 bridgehead atoms. The Labute approximate surface area is 184 Å². The van der Waals surface area contributed by atoms with Crippen LogP contribution >= 0.6 is 0 Å². The number of unbranched alkanes of at least 4 members (excludes halogenated alkanes) is 1. The predicted octanol–water partition coefficient (Wildman–Crippen LogP) is 5.82. The van der Waals surface area contributed by atoms with Gasteiger partial charge in [-0.25, -0.2) is 0 Å². The zero-order valence-corrected chi connectivity index (χ0v) is 18.2.